The Bertz CT molecular complexity index is 333. The first-order chi connectivity index (χ1) is 6.54. The maximum absolute atomic E-state index is 5.95. The minimum absolute atomic E-state index is 0.0789. The normalized spacial score (nSPS) is 12.6. The molecule has 0 amide bonds. The minimum atomic E-state index is -0.0789. The van der Waals surface area contributed by atoms with Gasteiger partial charge in [-0.3, -0.25) is 0 Å². The van der Waals surface area contributed by atoms with E-state index in [0.29, 0.717) is 22.3 Å². The Balaban J connectivity index is 2.92. The van der Waals surface area contributed by atoms with Crippen molar-refractivity contribution in [2.24, 2.45) is 5.73 Å². The van der Waals surface area contributed by atoms with Crippen LogP contribution in [0.15, 0.2) is 16.6 Å². The van der Waals surface area contributed by atoms with Gasteiger partial charge in [0.2, 0.25) is 0 Å². The van der Waals surface area contributed by atoms with Crippen molar-refractivity contribution < 1.29 is 4.74 Å². The third-order valence-corrected chi connectivity index (χ3v) is 3.13. The molecule has 5 heteroatoms. The van der Waals surface area contributed by atoms with Crippen molar-refractivity contribution in [2.75, 3.05) is 6.54 Å². The summed E-state index contributed by atoms with van der Waals surface area (Å²) in [5.74, 6) is 0.554. The molecule has 14 heavy (non-hydrogen) atoms. The van der Waals surface area contributed by atoms with Crippen LogP contribution in [0.25, 0.3) is 0 Å². The number of rotatable bonds is 3. The molecule has 2 N–H and O–H groups in total. The van der Waals surface area contributed by atoms with Gasteiger partial charge < -0.3 is 10.5 Å². The maximum atomic E-state index is 5.95. The second-order valence-electron chi connectivity index (χ2n) is 2.86. The van der Waals surface area contributed by atoms with Crippen LogP contribution >= 0.6 is 39.1 Å². The average Bonchev–Trinajstić information content (AvgIpc) is 2.14. The predicted molar refractivity (Wildman–Crippen MR) is 63.3 cm³/mol. The van der Waals surface area contributed by atoms with Crippen molar-refractivity contribution >= 4 is 39.1 Å². The van der Waals surface area contributed by atoms with Crippen LogP contribution in [0.4, 0.5) is 0 Å². The summed E-state index contributed by atoms with van der Waals surface area (Å²) in [6.45, 7) is 2.30. The van der Waals surface area contributed by atoms with Crippen LogP contribution in [0.1, 0.15) is 6.92 Å². The largest absolute Gasteiger partial charge is 0.488 e. The summed E-state index contributed by atoms with van der Waals surface area (Å²) >= 11 is 15.1. The Morgan fingerprint density at radius 3 is 2.64 bits per heavy atom. The summed E-state index contributed by atoms with van der Waals surface area (Å²) in [4.78, 5) is 0. The molecule has 2 nitrogen and oxygen atoms in total. The molecule has 0 aliphatic heterocycles. The van der Waals surface area contributed by atoms with Gasteiger partial charge >= 0.3 is 0 Å². The molecule has 1 atom stereocenters. The SMILES string of the molecule is CC(CN)Oc1cc(Cl)c(Br)cc1Cl. The quantitative estimate of drug-likeness (QED) is 0.867. The van der Waals surface area contributed by atoms with Crippen molar-refractivity contribution in [1.29, 1.82) is 0 Å². The fourth-order valence-corrected chi connectivity index (χ4v) is 1.70. The number of benzene rings is 1. The highest BCUT2D eigenvalue weighted by atomic mass is 79.9. The summed E-state index contributed by atoms with van der Waals surface area (Å²) < 4.78 is 6.22. The molecule has 1 rings (SSSR count). The van der Waals surface area contributed by atoms with E-state index in [2.05, 4.69) is 15.9 Å². The lowest BCUT2D eigenvalue weighted by Gasteiger charge is -2.14. The van der Waals surface area contributed by atoms with Crippen molar-refractivity contribution in [2.45, 2.75) is 13.0 Å². The molecule has 78 valence electrons. The van der Waals surface area contributed by atoms with Crippen LogP contribution in [0, 0.1) is 0 Å². The Hall–Kier alpha value is 0.0400. The maximum Gasteiger partial charge on any atom is 0.139 e. The van der Waals surface area contributed by atoms with Gasteiger partial charge in [-0.05, 0) is 28.9 Å². The standard InChI is InChI=1S/C9H10BrCl2NO/c1-5(4-13)14-9-3-7(11)6(10)2-8(9)12/h2-3,5H,4,13H2,1H3. The van der Waals surface area contributed by atoms with E-state index in [4.69, 9.17) is 33.7 Å². The molecule has 0 fully saturated rings. The van der Waals surface area contributed by atoms with Crippen molar-refractivity contribution in [3.05, 3.63) is 26.7 Å². The molecule has 1 aromatic rings. The summed E-state index contributed by atoms with van der Waals surface area (Å²) in [7, 11) is 0. The molecule has 0 aliphatic rings. The molecule has 0 heterocycles. The van der Waals surface area contributed by atoms with E-state index in [1.165, 1.54) is 0 Å². The Morgan fingerprint density at radius 2 is 2.07 bits per heavy atom. The molecular weight excluding hydrogens is 289 g/mol. The minimum Gasteiger partial charge on any atom is -0.488 e. The van der Waals surface area contributed by atoms with E-state index < -0.39 is 0 Å². The van der Waals surface area contributed by atoms with Crippen LogP contribution in [0.5, 0.6) is 5.75 Å². The molecule has 0 saturated carbocycles. The zero-order chi connectivity index (χ0) is 10.7. The van der Waals surface area contributed by atoms with Gasteiger partial charge in [-0.1, -0.05) is 23.2 Å². The number of ether oxygens (including phenoxy) is 1. The molecule has 0 spiro atoms. The molecule has 0 radical (unpaired) electrons. The van der Waals surface area contributed by atoms with Crippen LogP contribution in [0.2, 0.25) is 10.0 Å². The van der Waals surface area contributed by atoms with Crippen molar-refractivity contribution in [1.82, 2.24) is 0 Å². The average molecular weight is 299 g/mol. The first-order valence-corrected chi connectivity index (χ1v) is 5.60. The smallest absolute Gasteiger partial charge is 0.139 e. The van der Waals surface area contributed by atoms with Gasteiger partial charge in [0.05, 0.1) is 10.0 Å². The Kier molecular flexibility index (Phi) is 4.51. The zero-order valence-corrected chi connectivity index (χ0v) is 10.7. The molecular formula is C9H10BrCl2NO. The molecule has 1 aromatic carbocycles. The van der Waals surface area contributed by atoms with E-state index in [0.717, 1.165) is 4.47 Å². The van der Waals surface area contributed by atoms with Gasteiger partial charge in [0.15, 0.2) is 0 Å². The summed E-state index contributed by atoms with van der Waals surface area (Å²) in [6, 6.07) is 3.36. The molecule has 0 aliphatic carbocycles. The topological polar surface area (TPSA) is 35.2 Å². The highest BCUT2D eigenvalue weighted by molar-refractivity contribution is 9.10. The molecule has 0 aromatic heterocycles. The van der Waals surface area contributed by atoms with E-state index in [1.54, 1.807) is 12.1 Å². The number of hydrogen-bond donors (Lipinski definition) is 1. The van der Waals surface area contributed by atoms with Gasteiger partial charge in [-0.25, -0.2) is 0 Å². The first-order valence-electron chi connectivity index (χ1n) is 4.06. The van der Waals surface area contributed by atoms with Crippen LogP contribution in [-0.2, 0) is 0 Å². The summed E-state index contributed by atoms with van der Waals surface area (Å²) in [5.41, 5.74) is 5.43. The Morgan fingerprint density at radius 1 is 1.43 bits per heavy atom. The molecule has 0 saturated heterocycles. The van der Waals surface area contributed by atoms with Crippen molar-refractivity contribution in [3.8, 4) is 5.75 Å². The van der Waals surface area contributed by atoms with Gasteiger partial charge in [-0.15, -0.1) is 0 Å². The van der Waals surface area contributed by atoms with Crippen LogP contribution < -0.4 is 10.5 Å². The van der Waals surface area contributed by atoms with Crippen molar-refractivity contribution in [3.63, 3.8) is 0 Å². The monoisotopic (exact) mass is 297 g/mol. The summed E-state index contributed by atoms with van der Waals surface area (Å²) in [5, 5.41) is 1.08. The van der Waals surface area contributed by atoms with Gasteiger partial charge in [0.1, 0.15) is 11.9 Å². The van der Waals surface area contributed by atoms with E-state index in [9.17, 15) is 0 Å². The number of nitrogens with two attached hydrogens (primary N) is 1. The zero-order valence-electron chi connectivity index (χ0n) is 7.56. The third-order valence-electron chi connectivity index (χ3n) is 1.63. The lowest BCUT2D eigenvalue weighted by molar-refractivity contribution is 0.230. The number of hydrogen-bond acceptors (Lipinski definition) is 2. The van der Waals surface area contributed by atoms with Gasteiger partial charge in [0, 0.05) is 17.1 Å². The number of halogens is 3. The predicted octanol–water partition coefficient (Wildman–Crippen LogP) is 3.48. The van der Waals surface area contributed by atoms with E-state index >= 15 is 0 Å². The fraction of sp³-hybridized carbons (Fsp3) is 0.333. The lowest BCUT2D eigenvalue weighted by atomic mass is 10.3. The van der Waals surface area contributed by atoms with Crippen LogP contribution in [-0.4, -0.2) is 12.6 Å². The van der Waals surface area contributed by atoms with Crippen LogP contribution in [0.3, 0.4) is 0 Å². The fourth-order valence-electron chi connectivity index (χ4n) is 0.859. The lowest BCUT2D eigenvalue weighted by Crippen LogP contribution is -2.22. The first kappa shape index (κ1) is 12.1. The second kappa shape index (κ2) is 5.21. The van der Waals surface area contributed by atoms with Gasteiger partial charge in [0.25, 0.3) is 0 Å². The molecule has 1 unspecified atom stereocenters. The summed E-state index contributed by atoms with van der Waals surface area (Å²) in [6.07, 6.45) is -0.0789. The van der Waals surface area contributed by atoms with E-state index in [-0.39, 0.29) is 6.10 Å². The van der Waals surface area contributed by atoms with E-state index in [1.807, 2.05) is 6.92 Å². The molecule has 0 bridgehead atoms. The second-order valence-corrected chi connectivity index (χ2v) is 4.53. The third kappa shape index (κ3) is 3.02. The highest BCUT2D eigenvalue weighted by Gasteiger charge is 2.09. The Labute approximate surface area is 101 Å². The highest BCUT2D eigenvalue weighted by Crippen LogP contribution is 2.34. The van der Waals surface area contributed by atoms with Gasteiger partial charge in [-0.2, -0.15) is 0 Å².